The number of likely N-dealkylation sites (tertiary alicyclic amines) is 1. The minimum Gasteiger partial charge on any atom is -0.480 e. The van der Waals surface area contributed by atoms with Gasteiger partial charge in [-0.1, -0.05) is 6.42 Å². The Bertz CT molecular complexity index is 407. The van der Waals surface area contributed by atoms with E-state index in [2.05, 4.69) is 4.90 Å². The first-order valence-electron chi connectivity index (χ1n) is 8.31. The van der Waals surface area contributed by atoms with Crippen molar-refractivity contribution < 1.29 is 14.6 Å². The summed E-state index contributed by atoms with van der Waals surface area (Å²) in [6.45, 7) is 1.84. The third-order valence-corrected chi connectivity index (χ3v) is 6.38. The average molecular weight is 279 g/mol. The molecule has 20 heavy (non-hydrogen) atoms. The van der Waals surface area contributed by atoms with Crippen molar-refractivity contribution in [2.45, 2.75) is 69.1 Å². The fourth-order valence-corrected chi connectivity index (χ4v) is 5.24. The molecule has 0 aromatic carbocycles. The molecule has 4 heteroatoms. The zero-order valence-corrected chi connectivity index (χ0v) is 12.1. The number of rotatable bonds is 2. The van der Waals surface area contributed by atoms with E-state index in [0.717, 1.165) is 32.4 Å². The summed E-state index contributed by atoms with van der Waals surface area (Å²) in [7, 11) is 0. The van der Waals surface area contributed by atoms with Crippen LogP contribution in [0.2, 0.25) is 0 Å². The predicted octanol–water partition coefficient (Wildman–Crippen LogP) is 2.27. The normalized spacial score (nSPS) is 43.4. The molecule has 2 aliphatic carbocycles. The van der Waals surface area contributed by atoms with Gasteiger partial charge in [-0.05, 0) is 56.8 Å². The summed E-state index contributed by atoms with van der Waals surface area (Å²) in [6.07, 6.45) is 9.31. The molecule has 2 heterocycles. The number of aliphatic carboxylic acids is 1. The minimum absolute atomic E-state index is 0.115. The molecule has 4 fully saturated rings. The summed E-state index contributed by atoms with van der Waals surface area (Å²) in [5.74, 6) is 0.456. The van der Waals surface area contributed by atoms with E-state index in [9.17, 15) is 9.90 Å². The first-order valence-corrected chi connectivity index (χ1v) is 8.31. The summed E-state index contributed by atoms with van der Waals surface area (Å²) in [5.41, 5.74) is 0.115. The van der Waals surface area contributed by atoms with E-state index in [4.69, 9.17) is 4.74 Å². The molecular weight excluding hydrogens is 254 g/mol. The molecule has 0 radical (unpaired) electrons. The summed E-state index contributed by atoms with van der Waals surface area (Å²) in [5, 5.41) is 9.69. The van der Waals surface area contributed by atoms with E-state index in [1.54, 1.807) is 0 Å². The molecule has 2 aliphatic heterocycles. The molecule has 112 valence electrons. The van der Waals surface area contributed by atoms with E-state index in [-0.39, 0.29) is 11.6 Å². The Balaban J connectivity index is 1.53. The number of nitrogens with zero attached hydrogens (tertiary/aromatic N) is 1. The van der Waals surface area contributed by atoms with Crippen LogP contribution in [0, 0.1) is 11.8 Å². The SMILES string of the molecule is O=C(O)C1C2CCCC2CN1C1CCOC2(CCC2)C1. The van der Waals surface area contributed by atoms with Crippen molar-refractivity contribution >= 4 is 5.97 Å². The molecule has 0 aromatic heterocycles. The van der Waals surface area contributed by atoms with Crippen molar-refractivity contribution in [3.8, 4) is 0 Å². The number of carboxylic acid groups (broad SMARTS) is 1. The van der Waals surface area contributed by atoms with Gasteiger partial charge in [-0.25, -0.2) is 0 Å². The zero-order valence-electron chi connectivity index (χ0n) is 12.1. The standard InChI is InChI=1S/C16H25NO3/c18-15(19)14-13-4-1-3-11(13)10-17(14)12-5-8-20-16(9-12)6-2-7-16/h11-14H,1-10H2,(H,18,19). The Hall–Kier alpha value is -0.610. The largest absolute Gasteiger partial charge is 0.480 e. The molecule has 2 saturated carbocycles. The van der Waals surface area contributed by atoms with E-state index in [1.165, 1.54) is 32.1 Å². The number of carbonyl (C=O) groups is 1. The second kappa shape index (κ2) is 4.70. The number of hydrogen-bond acceptors (Lipinski definition) is 3. The van der Waals surface area contributed by atoms with Crippen molar-refractivity contribution in [2.24, 2.45) is 11.8 Å². The topological polar surface area (TPSA) is 49.8 Å². The van der Waals surface area contributed by atoms with E-state index >= 15 is 0 Å². The van der Waals surface area contributed by atoms with Crippen molar-refractivity contribution in [2.75, 3.05) is 13.2 Å². The fourth-order valence-electron chi connectivity index (χ4n) is 5.24. The predicted molar refractivity (Wildman–Crippen MR) is 74.5 cm³/mol. The molecule has 2 saturated heterocycles. The lowest BCUT2D eigenvalue weighted by molar-refractivity contribution is -0.159. The summed E-state index contributed by atoms with van der Waals surface area (Å²) in [4.78, 5) is 14.1. The molecule has 4 rings (SSSR count). The monoisotopic (exact) mass is 279 g/mol. The average Bonchev–Trinajstić information content (AvgIpc) is 2.96. The van der Waals surface area contributed by atoms with Crippen LogP contribution in [0.25, 0.3) is 0 Å². The van der Waals surface area contributed by atoms with Crippen LogP contribution in [0.15, 0.2) is 0 Å². The molecule has 4 atom stereocenters. The van der Waals surface area contributed by atoms with Gasteiger partial charge in [0, 0.05) is 19.2 Å². The van der Waals surface area contributed by atoms with Gasteiger partial charge in [0.25, 0.3) is 0 Å². The van der Waals surface area contributed by atoms with Crippen LogP contribution >= 0.6 is 0 Å². The number of fused-ring (bicyclic) bond motifs is 1. The van der Waals surface area contributed by atoms with Gasteiger partial charge < -0.3 is 9.84 Å². The van der Waals surface area contributed by atoms with Gasteiger partial charge in [-0.3, -0.25) is 9.69 Å². The molecule has 4 unspecified atom stereocenters. The van der Waals surface area contributed by atoms with Crippen LogP contribution in [0.5, 0.6) is 0 Å². The summed E-state index contributed by atoms with van der Waals surface area (Å²) in [6, 6.07) is 0.221. The van der Waals surface area contributed by atoms with E-state index in [0.29, 0.717) is 17.9 Å². The van der Waals surface area contributed by atoms with Crippen LogP contribution in [-0.4, -0.2) is 46.8 Å². The summed E-state index contributed by atoms with van der Waals surface area (Å²) >= 11 is 0. The molecule has 0 aromatic rings. The van der Waals surface area contributed by atoms with Gasteiger partial charge in [0.1, 0.15) is 6.04 Å². The third-order valence-electron chi connectivity index (χ3n) is 6.38. The molecule has 0 bridgehead atoms. The number of hydrogen-bond donors (Lipinski definition) is 1. The van der Waals surface area contributed by atoms with Gasteiger partial charge in [0.2, 0.25) is 0 Å². The minimum atomic E-state index is -0.589. The lowest BCUT2D eigenvalue weighted by atomic mass is 9.73. The quantitative estimate of drug-likeness (QED) is 0.842. The first-order chi connectivity index (χ1) is 9.69. The van der Waals surface area contributed by atoms with Crippen molar-refractivity contribution in [1.82, 2.24) is 4.90 Å². The van der Waals surface area contributed by atoms with Gasteiger partial charge in [0.15, 0.2) is 0 Å². The van der Waals surface area contributed by atoms with Crippen LogP contribution < -0.4 is 0 Å². The molecular formula is C16H25NO3. The maximum absolute atomic E-state index is 11.8. The maximum atomic E-state index is 11.8. The highest BCUT2D eigenvalue weighted by atomic mass is 16.5. The Morgan fingerprint density at radius 2 is 2.05 bits per heavy atom. The molecule has 4 nitrogen and oxygen atoms in total. The lowest BCUT2D eigenvalue weighted by Gasteiger charge is -2.49. The van der Waals surface area contributed by atoms with E-state index < -0.39 is 5.97 Å². The van der Waals surface area contributed by atoms with Gasteiger partial charge >= 0.3 is 5.97 Å². The Kier molecular flexibility index (Phi) is 3.08. The van der Waals surface area contributed by atoms with Crippen molar-refractivity contribution in [3.05, 3.63) is 0 Å². The molecule has 1 spiro atoms. The van der Waals surface area contributed by atoms with Gasteiger partial charge in [-0.2, -0.15) is 0 Å². The summed E-state index contributed by atoms with van der Waals surface area (Å²) < 4.78 is 6.01. The Morgan fingerprint density at radius 3 is 2.75 bits per heavy atom. The highest BCUT2D eigenvalue weighted by Gasteiger charge is 2.52. The highest BCUT2D eigenvalue weighted by Crippen LogP contribution is 2.48. The van der Waals surface area contributed by atoms with Crippen LogP contribution in [0.3, 0.4) is 0 Å². The zero-order chi connectivity index (χ0) is 13.7. The van der Waals surface area contributed by atoms with Crippen molar-refractivity contribution in [3.63, 3.8) is 0 Å². The lowest BCUT2D eigenvalue weighted by Crippen LogP contribution is -2.54. The highest BCUT2D eigenvalue weighted by molar-refractivity contribution is 5.74. The smallest absolute Gasteiger partial charge is 0.321 e. The number of ether oxygens (including phenoxy) is 1. The van der Waals surface area contributed by atoms with Crippen LogP contribution in [0.1, 0.15) is 51.4 Å². The second-order valence-corrected chi connectivity index (χ2v) is 7.37. The van der Waals surface area contributed by atoms with Crippen molar-refractivity contribution in [1.29, 1.82) is 0 Å². The van der Waals surface area contributed by atoms with Gasteiger partial charge in [-0.15, -0.1) is 0 Å². The molecule has 0 amide bonds. The molecule has 1 N–H and O–H groups in total. The fraction of sp³-hybridized carbons (Fsp3) is 0.938. The third kappa shape index (κ3) is 1.92. The van der Waals surface area contributed by atoms with Crippen LogP contribution in [-0.2, 0) is 9.53 Å². The molecule has 4 aliphatic rings. The van der Waals surface area contributed by atoms with Gasteiger partial charge in [0.05, 0.1) is 5.60 Å². The Labute approximate surface area is 120 Å². The van der Waals surface area contributed by atoms with E-state index in [1.807, 2.05) is 0 Å². The second-order valence-electron chi connectivity index (χ2n) is 7.37. The first kappa shape index (κ1) is 13.1. The number of carboxylic acids is 1. The Morgan fingerprint density at radius 1 is 1.20 bits per heavy atom. The maximum Gasteiger partial charge on any atom is 0.321 e. The van der Waals surface area contributed by atoms with Crippen LogP contribution in [0.4, 0.5) is 0 Å².